The smallest absolute Gasteiger partial charge is 0.247 e. The molecule has 7 heteroatoms. The van der Waals surface area contributed by atoms with E-state index in [1.165, 1.54) is 32.4 Å². The third-order valence-corrected chi connectivity index (χ3v) is 6.36. The predicted molar refractivity (Wildman–Crippen MR) is 143 cm³/mol. The second-order valence-electron chi connectivity index (χ2n) is 9.02. The van der Waals surface area contributed by atoms with Crippen LogP contribution in [0.5, 0.6) is 5.75 Å². The summed E-state index contributed by atoms with van der Waals surface area (Å²) in [5, 5.41) is 11.6. The van der Waals surface area contributed by atoms with Gasteiger partial charge < -0.3 is 15.4 Å². The first-order valence-electron chi connectivity index (χ1n) is 12.7. The van der Waals surface area contributed by atoms with Gasteiger partial charge >= 0.3 is 0 Å². The average Bonchev–Trinajstić information content (AvgIpc) is 3.55. The van der Waals surface area contributed by atoms with Crippen molar-refractivity contribution in [2.75, 3.05) is 43.4 Å². The molecule has 2 aromatic heterocycles. The molecule has 35 heavy (non-hydrogen) atoms. The maximum Gasteiger partial charge on any atom is 0.247 e. The molecule has 1 saturated heterocycles. The second-order valence-corrected chi connectivity index (χ2v) is 9.02. The highest BCUT2D eigenvalue weighted by Gasteiger charge is 2.12. The van der Waals surface area contributed by atoms with Crippen molar-refractivity contribution in [1.29, 1.82) is 0 Å². The van der Waals surface area contributed by atoms with Crippen LogP contribution in [0.15, 0.2) is 66.7 Å². The number of benzene rings is 2. The molecule has 0 saturated carbocycles. The molecule has 1 aliphatic rings. The Morgan fingerprint density at radius 3 is 2.60 bits per heavy atom. The molecule has 0 bridgehead atoms. The van der Waals surface area contributed by atoms with Crippen LogP contribution in [0.4, 0.5) is 17.3 Å². The van der Waals surface area contributed by atoms with Crippen molar-refractivity contribution in [2.45, 2.75) is 32.6 Å². The van der Waals surface area contributed by atoms with Crippen molar-refractivity contribution in [3.8, 4) is 17.0 Å². The van der Waals surface area contributed by atoms with Gasteiger partial charge in [-0.25, -0.2) is 4.52 Å². The number of fused-ring (bicyclic) bond motifs is 1. The Morgan fingerprint density at radius 1 is 0.943 bits per heavy atom. The van der Waals surface area contributed by atoms with Gasteiger partial charge in [0.15, 0.2) is 5.65 Å². The molecule has 1 fully saturated rings. The lowest BCUT2D eigenvalue weighted by molar-refractivity contribution is 0.238. The predicted octanol–water partition coefficient (Wildman–Crippen LogP) is 5.83. The van der Waals surface area contributed by atoms with Gasteiger partial charge in [-0.2, -0.15) is 4.98 Å². The fourth-order valence-corrected chi connectivity index (χ4v) is 4.44. The summed E-state index contributed by atoms with van der Waals surface area (Å²) in [5.41, 5.74) is 4.95. The summed E-state index contributed by atoms with van der Waals surface area (Å²) in [6, 6.07) is 22.5. The molecular formula is C28H34N6O. The van der Waals surface area contributed by atoms with E-state index in [2.05, 4.69) is 57.8 Å². The van der Waals surface area contributed by atoms with Gasteiger partial charge in [0, 0.05) is 30.0 Å². The number of aromatic nitrogens is 3. The van der Waals surface area contributed by atoms with Crippen molar-refractivity contribution >= 4 is 23.0 Å². The van der Waals surface area contributed by atoms with Crippen LogP contribution in [0.3, 0.4) is 0 Å². The molecule has 0 atom stereocenters. The molecule has 2 N–H and O–H groups in total. The monoisotopic (exact) mass is 470 g/mol. The maximum atomic E-state index is 5.92. The lowest BCUT2D eigenvalue weighted by atomic mass is 10.1. The van der Waals surface area contributed by atoms with Gasteiger partial charge in [-0.15, -0.1) is 5.10 Å². The summed E-state index contributed by atoms with van der Waals surface area (Å²) in [6.45, 7) is 7.28. The van der Waals surface area contributed by atoms with E-state index in [9.17, 15) is 0 Å². The topological polar surface area (TPSA) is 66.7 Å². The van der Waals surface area contributed by atoms with E-state index in [1.807, 2.05) is 40.9 Å². The fourth-order valence-electron chi connectivity index (χ4n) is 4.44. The SMILES string of the molecule is CCCCNc1cccc(-c2cccc3nc(Nc4ccc(OCCN5CCCC5)cc4)nn23)c1. The van der Waals surface area contributed by atoms with Gasteiger partial charge in [-0.05, 0) is 80.9 Å². The Morgan fingerprint density at radius 2 is 1.77 bits per heavy atom. The normalized spacial score (nSPS) is 13.9. The highest BCUT2D eigenvalue weighted by molar-refractivity contribution is 5.68. The Bertz CT molecular complexity index is 1230. The standard InChI is InChI=1S/C28H34N6O/c1-2-3-16-29-24-9-6-8-22(21-24)26-10-7-11-27-31-28(32-34(26)27)30-23-12-14-25(15-13-23)35-20-19-33-17-4-5-18-33/h6-15,21,29H,2-5,16-20H2,1H3,(H,30,32). The number of hydrogen-bond donors (Lipinski definition) is 2. The first-order chi connectivity index (χ1) is 17.3. The Balaban J connectivity index is 1.25. The largest absolute Gasteiger partial charge is 0.492 e. The van der Waals surface area contributed by atoms with Crippen LogP contribution in [0, 0.1) is 0 Å². The molecular weight excluding hydrogens is 436 g/mol. The summed E-state index contributed by atoms with van der Waals surface area (Å²) in [4.78, 5) is 7.14. The minimum atomic E-state index is 0.567. The molecule has 182 valence electrons. The van der Waals surface area contributed by atoms with Gasteiger partial charge in [0.2, 0.25) is 5.95 Å². The number of pyridine rings is 1. The molecule has 0 unspecified atom stereocenters. The van der Waals surface area contributed by atoms with Crippen molar-refractivity contribution in [2.24, 2.45) is 0 Å². The molecule has 4 aromatic rings. The Labute approximate surface area is 207 Å². The molecule has 0 amide bonds. The molecule has 0 spiro atoms. The fraction of sp³-hybridized carbons (Fsp3) is 0.357. The zero-order chi connectivity index (χ0) is 23.9. The molecule has 3 heterocycles. The molecule has 0 radical (unpaired) electrons. The quantitative estimate of drug-likeness (QED) is 0.269. The minimum absolute atomic E-state index is 0.567. The lowest BCUT2D eigenvalue weighted by Crippen LogP contribution is -2.25. The van der Waals surface area contributed by atoms with Crippen LogP contribution < -0.4 is 15.4 Å². The summed E-state index contributed by atoms with van der Waals surface area (Å²) in [6.07, 6.45) is 4.95. The van der Waals surface area contributed by atoms with Crippen LogP contribution in [-0.2, 0) is 0 Å². The summed E-state index contributed by atoms with van der Waals surface area (Å²) < 4.78 is 7.81. The van der Waals surface area contributed by atoms with Crippen molar-refractivity contribution in [3.63, 3.8) is 0 Å². The van der Waals surface area contributed by atoms with Crippen molar-refractivity contribution in [1.82, 2.24) is 19.5 Å². The number of likely N-dealkylation sites (tertiary alicyclic amines) is 1. The van der Waals surface area contributed by atoms with Gasteiger partial charge in [0.25, 0.3) is 0 Å². The van der Waals surface area contributed by atoms with E-state index in [-0.39, 0.29) is 0 Å². The van der Waals surface area contributed by atoms with Crippen LogP contribution in [0.2, 0.25) is 0 Å². The highest BCUT2D eigenvalue weighted by Crippen LogP contribution is 2.25. The molecule has 2 aromatic carbocycles. The van der Waals surface area contributed by atoms with E-state index >= 15 is 0 Å². The number of unbranched alkanes of at least 4 members (excludes halogenated alkanes) is 1. The van der Waals surface area contributed by atoms with Crippen molar-refractivity contribution in [3.05, 3.63) is 66.7 Å². The van der Waals surface area contributed by atoms with Gasteiger partial charge in [0.05, 0.1) is 5.69 Å². The zero-order valence-corrected chi connectivity index (χ0v) is 20.4. The van der Waals surface area contributed by atoms with Crippen molar-refractivity contribution < 1.29 is 4.74 Å². The van der Waals surface area contributed by atoms with Gasteiger partial charge in [0.1, 0.15) is 12.4 Å². The summed E-state index contributed by atoms with van der Waals surface area (Å²) in [7, 11) is 0. The molecule has 7 nitrogen and oxygen atoms in total. The van der Waals surface area contributed by atoms with E-state index < -0.39 is 0 Å². The van der Waals surface area contributed by atoms with Crippen LogP contribution in [0.25, 0.3) is 16.9 Å². The van der Waals surface area contributed by atoms with Crippen LogP contribution >= 0.6 is 0 Å². The van der Waals surface area contributed by atoms with E-state index in [1.54, 1.807) is 0 Å². The maximum absolute atomic E-state index is 5.92. The van der Waals surface area contributed by atoms with E-state index in [0.29, 0.717) is 5.95 Å². The number of nitrogens with one attached hydrogen (secondary N) is 2. The Kier molecular flexibility index (Phi) is 7.44. The highest BCUT2D eigenvalue weighted by atomic mass is 16.5. The van der Waals surface area contributed by atoms with E-state index in [0.717, 1.165) is 60.1 Å². The third kappa shape index (κ3) is 5.92. The third-order valence-electron chi connectivity index (χ3n) is 6.36. The van der Waals surface area contributed by atoms with Gasteiger partial charge in [-0.1, -0.05) is 31.5 Å². The summed E-state index contributed by atoms with van der Waals surface area (Å²) in [5.74, 6) is 1.45. The number of anilines is 3. The summed E-state index contributed by atoms with van der Waals surface area (Å²) >= 11 is 0. The number of ether oxygens (including phenoxy) is 1. The lowest BCUT2D eigenvalue weighted by Gasteiger charge is -2.15. The number of rotatable bonds is 11. The zero-order valence-electron chi connectivity index (χ0n) is 20.4. The Hall–Kier alpha value is -3.58. The molecule has 1 aliphatic heterocycles. The second kappa shape index (κ2) is 11.2. The minimum Gasteiger partial charge on any atom is -0.492 e. The first-order valence-corrected chi connectivity index (χ1v) is 12.7. The van der Waals surface area contributed by atoms with Crippen LogP contribution in [-0.4, -0.2) is 52.3 Å². The van der Waals surface area contributed by atoms with Gasteiger partial charge in [-0.3, -0.25) is 4.90 Å². The number of nitrogens with zero attached hydrogens (tertiary/aromatic N) is 4. The molecule has 0 aliphatic carbocycles. The first kappa shape index (κ1) is 23.2. The molecule has 5 rings (SSSR count). The van der Waals surface area contributed by atoms with Crippen LogP contribution in [0.1, 0.15) is 32.6 Å². The number of hydrogen-bond acceptors (Lipinski definition) is 6. The average molecular weight is 471 g/mol. The van der Waals surface area contributed by atoms with E-state index in [4.69, 9.17) is 9.84 Å².